The maximum absolute atomic E-state index is 11.3. The van der Waals surface area contributed by atoms with Crippen LogP contribution in [0.3, 0.4) is 0 Å². The molecule has 1 saturated carbocycles. The third kappa shape index (κ3) is 2.19. The van der Waals surface area contributed by atoms with Crippen LogP contribution in [0.4, 0.5) is 0 Å². The molecule has 1 aliphatic carbocycles. The molecule has 0 bridgehead atoms. The second-order valence-electron chi connectivity index (χ2n) is 5.61. The minimum absolute atomic E-state index is 0.0409. The van der Waals surface area contributed by atoms with E-state index in [-0.39, 0.29) is 6.04 Å². The summed E-state index contributed by atoms with van der Waals surface area (Å²) in [4.78, 5) is 11.3. The number of aryl methyl sites for hydroxylation is 1. The number of nitrogens with two attached hydrogens (primary N) is 1. The summed E-state index contributed by atoms with van der Waals surface area (Å²) < 4.78 is 2.14. The zero-order valence-electron chi connectivity index (χ0n) is 11.3. The third-order valence-electron chi connectivity index (χ3n) is 4.38. The van der Waals surface area contributed by atoms with Gasteiger partial charge in [-0.05, 0) is 30.4 Å². The quantitative estimate of drug-likeness (QED) is 0.898. The summed E-state index contributed by atoms with van der Waals surface area (Å²) in [5, 5.41) is 1.24. The van der Waals surface area contributed by atoms with Crippen LogP contribution in [0.15, 0.2) is 30.5 Å². The van der Waals surface area contributed by atoms with E-state index in [1.165, 1.54) is 16.5 Å². The Kier molecular flexibility index (Phi) is 3.15. The molecule has 0 aliphatic heterocycles. The van der Waals surface area contributed by atoms with Crippen molar-refractivity contribution in [1.82, 2.24) is 4.57 Å². The molecule has 1 aromatic carbocycles. The largest absolute Gasteiger partial charge is 0.350 e. The van der Waals surface area contributed by atoms with E-state index in [9.17, 15) is 4.79 Å². The lowest BCUT2D eigenvalue weighted by Gasteiger charge is -2.26. The van der Waals surface area contributed by atoms with E-state index in [1.54, 1.807) is 0 Å². The third-order valence-corrected chi connectivity index (χ3v) is 4.38. The number of hydrogen-bond donors (Lipinski definition) is 1. The maximum atomic E-state index is 11.3. The summed E-state index contributed by atoms with van der Waals surface area (Å²) in [7, 11) is 2.06. The van der Waals surface area contributed by atoms with E-state index in [1.807, 2.05) is 0 Å². The van der Waals surface area contributed by atoms with Crippen LogP contribution < -0.4 is 5.73 Å². The van der Waals surface area contributed by atoms with Gasteiger partial charge in [0.2, 0.25) is 0 Å². The molecule has 0 amide bonds. The lowest BCUT2D eigenvalue weighted by atomic mass is 9.81. The fourth-order valence-corrected chi connectivity index (χ4v) is 3.21. The molecule has 1 aromatic heterocycles. The number of ketones is 1. The number of hydrogen-bond acceptors (Lipinski definition) is 2. The lowest BCUT2D eigenvalue weighted by molar-refractivity contribution is -0.121. The summed E-state index contributed by atoms with van der Waals surface area (Å²) >= 11 is 0. The fourth-order valence-electron chi connectivity index (χ4n) is 3.21. The van der Waals surface area contributed by atoms with Crippen LogP contribution in [0, 0.1) is 5.92 Å². The zero-order chi connectivity index (χ0) is 13.4. The van der Waals surface area contributed by atoms with Gasteiger partial charge in [-0.25, -0.2) is 0 Å². The van der Waals surface area contributed by atoms with Crippen LogP contribution in [-0.4, -0.2) is 10.4 Å². The molecule has 1 aliphatic rings. The van der Waals surface area contributed by atoms with E-state index in [4.69, 9.17) is 5.73 Å². The standard InChI is InChI=1S/C16H20N2O/c1-18-10-14(13-4-2-3-5-15(13)18)16(17)11-6-8-12(19)9-7-11/h2-5,10-11,16H,6-9,17H2,1H3. The molecule has 1 unspecified atom stereocenters. The van der Waals surface area contributed by atoms with Crippen LogP contribution in [0.25, 0.3) is 10.9 Å². The Morgan fingerprint density at radius 2 is 1.95 bits per heavy atom. The molecule has 3 heteroatoms. The molecule has 100 valence electrons. The molecule has 1 heterocycles. The van der Waals surface area contributed by atoms with Gasteiger partial charge in [0.25, 0.3) is 0 Å². The molecule has 1 fully saturated rings. The molecule has 19 heavy (non-hydrogen) atoms. The van der Waals surface area contributed by atoms with Crippen molar-refractivity contribution in [3.8, 4) is 0 Å². The number of rotatable bonds is 2. The number of carbonyl (C=O) groups is 1. The number of Topliss-reactive ketones (excluding diaryl/α,β-unsaturated/α-hetero) is 1. The second kappa shape index (κ2) is 4.82. The van der Waals surface area contributed by atoms with Gasteiger partial charge in [-0.3, -0.25) is 4.79 Å². The van der Waals surface area contributed by atoms with Crippen molar-refractivity contribution in [2.24, 2.45) is 18.7 Å². The SMILES string of the molecule is Cn1cc(C(N)C2CCC(=O)CC2)c2ccccc21. The first-order valence-electron chi connectivity index (χ1n) is 6.98. The summed E-state index contributed by atoms with van der Waals surface area (Å²) in [6.07, 6.45) is 5.41. The number of benzene rings is 1. The minimum atomic E-state index is 0.0409. The van der Waals surface area contributed by atoms with Gasteiger partial charge in [-0.2, -0.15) is 0 Å². The van der Waals surface area contributed by atoms with Crippen LogP contribution >= 0.6 is 0 Å². The molecule has 0 saturated heterocycles. The Hall–Kier alpha value is -1.61. The first-order chi connectivity index (χ1) is 9.16. The van der Waals surface area contributed by atoms with Gasteiger partial charge >= 0.3 is 0 Å². The highest BCUT2D eigenvalue weighted by atomic mass is 16.1. The zero-order valence-corrected chi connectivity index (χ0v) is 11.3. The van der Waals surface area contributed by atoms with Crippen molar-refractivity contribution in [3.05, 3.63) is 36.0 Å². The van der Waals surface area contributed by atoms with Gasteiger partial charge in [-0.15, -0.1) is 0 Å². The van der Waals surface area contributed by atoms with E-state index in [2.05, 4.69) is 42.1 Å². The fraction of sp³-hybridized carbons (Fsp3) is 0.438. The molecule has 3 nitrogen and oxygen atoms in total. The van der Waals surface area contributed by atoms with Crippen LogP contribution in [-0.2, 0) is 11.8 Å². The van der Waals surface area contributed by atoms with E-state index in [0.717, 1.165) is 12.8 Å². The molecular formula is C16H20N2O. The monoisotopic (exact) mass is 256 g/mol. The molecule has 1 atom stereocenters. The van der Waals surface area contributed by atoms with Crippen molar-refractivity contribution >= 4 is 16.7 Å². The molecular weight excluding hydrogens is 236 g/mol. The molecule has 0 radical (unpaired) electrons. The molecule has 2 aromatic rings. The van der Waals surface area contributed by atoms with E-state index >= 15 is 0 Å². The smallest absolute Gasteiger partial charge is 0.132 e. The van der Waals surface area contributed by atoms with Crippen molar-refractivity contribution in [3.63, 3.8) is 0 Å². The number of fused-ring (bicyclic) bond motifs is 1. The average Bonchev–Trinajstić information content (AvgIpc) is 2.77. The van der Waals surface area contributed by atoms with E-state index < -0.39 is 0 Å². The highest BCUT2D eigenvalue weighted by molar-refractivity contribution is 5.84. The number of para-hydroxylation sites is 1. The average molecular weight is 256 g/mol. The molecule has 0 spiro atoms. The Morgan fingerprint density at radius 3 is 2.68 bits per heavy atom. The van der Waals surface area contributed by atoms with Gasteiger partial charge < -0.3 is 10.3 Å². The maximum Gasteiger partial charge on any atom is 0.132 e. The predicted octanol–water partition coefficient (Wildman–Crippen LogP) is 2.94. The van der Waals surface area contributed by atoms with Gasteiger partial charge in [0, 0.05) is 43.0 Å². The minimum Gasteiger partial charge on any atom is -0.350 e. The normalized spacial score (nSPS) is 18.9. The van der Waals surface area contributed by atoms with Crippen molar-refractivity contribution in [1.29, 1.82) is 0 Å². The summed E-state index contributed by atoms with van der Waals surface area (Å²) in [6, 6.07) is 8.41. The first-order valence-corrected chi connectivity index (χ1v) is 6.98. The van der Waals surface area contributed by atoms with Crippen molar-refractivity contribution in [2.45, 2.75) is 31.7 Å². The topological polar surface area (TPSA) is 48.0 Å². The first kappa shape index (κ1) is 12.4. The Labute approximate surface area is 113 Å². The Morgan fingerprint density at radius 1 is 1.26 bits per heavy atom. The van der Waals surface area contributed by atoms with Gasteiger partial charge in [0.05, 0.1) is 0 Å². The summed E-state index contributed by atoms with van der Waals surface area (Å²) in [6.45, 7) is 0. The highest BCUT2D eigenvalue weighted by Gasteiger charge is 2.26. The molecule has 2 N–H and O–H groups in total. The number of aromatic nitrogens is 1. The number of nitrogens with zero attached hydrogens (tertiary/aromatic N) is 1. The van der Waals surface area contributed by atoms with Crippen molar-refractivity contribution in [2.75, 3.05) is 0 Å². The Balaban J connectivity index is 1.93. The number of carbonyl (C=O) groups excluding carboxylic acids is 1. The summed E-state index contributed by atoms with van der Waals surface area (Å²) in [5.41, 5.74) is 8.91. The highest BCUT2D eigenvalue weighted by Crippen LogP contribution is 2.35. The van der Waals surface area contributed by atoms with Gasteiger partial charge in [-0.1, -0.05) is 18.2 Å². The van der Waals surface area contributed by atoms with E-state index in [0.29, 0.717) is 24.5 Å². The second-order valence-corrected chi connectivity index (χ2v) is 5.61. The van der Waals surface area contributed by atoms with Crippen LogP contribution in [0.1, 0.15) is 37.3 Å². The predicted molar refractivity (Wildman–Crippen MR) is 76.8 cm³/mol. The van der Waals surface area contributed by atoms with Crippen LogP contribution in [0.5, 0.6) is 0 Å². The van der Waals surface area contributed by atoms with Gasteiger partial charge in [0.15, 0.2) is 0 Å². The molecule has 3 rings (SSSR count). The van der Waals surface area contributed by atoms with Gasteiger partial charge in [0.1, 0.15) is 5.78 Å². The Bertz CT molecular complexity index is 604. The lowest BCUT2D eigenvalue weighted by Crippen LogP contribution is -2.25. The van der Waals surface area contributed by atoms with Crippen LogP contribution in [0.2, 0.25) is 0 Å². The van der Waals surface area contributed by atoms with Crippen molar-refractivity contribution < 1.29 is 4.79 Å². The summed E-state index contributed by atoms with van der Waals surface area (Å²) in [5.74, 6) is 0.824.